The minimum absolute atomic E-state index is 0.0245. The summed E-state index contributed by atoms with van der Waals surface area (Å²) >= 11 is 11.9. The third kappa shape index (κ3) is 2.98. The van der Waals surface area contributed by atoms with Crippen LogP contribution in [0.15, 0.2) is 36.4 Å². The normalized spacial score (nSPS) is 10.0. The van der Waals surface area contributed by atoms with Crippen molar-refractivity contribution in [3.05, 3.63) is 63.4 Å². The summed E-state index contributed by atoms with van der Waals surface area (Å²) < 4.78 is 13.8. The molecule has 2 rings (SSSR count). The summed E-state index contributed by atoms with van der Waals surface area (Å²) in [7, 11) is 0. The summed E-state index contributed by atoms with van der Waals surface area (Å²) in [5.41, 5.74) is 1.04. The Bertz CT molecular complexity index is 650. The Kier molecular flexibility index (Phi) is 4.26. The Hall–Kier alpha value is -1.76. The minimum atomic E-state index is -0.518. The number of anilines is 1. The largest absolute Gasteiger partial charge is 0.380 e. The average Bonchev–Trinajstić information content (AvgIpc) is 2.42. The van der Waals surface area contributed by atoms with Gasteiger partial charge in [0.25, 0.3) is 0 Å². The predicted molar refractivity (Wildman–Crippen MR) is 74.9 cm³/mol. The standard InChI is InChI=1S/C14H9Cl2FN2/c15-11-5-2-6-12(13(11)16)19-8-10-4-1-3-9(7-18)14(10)17/h1-6,19H,8H2. The number of halogens is 3. The molecule has 0 unspecified atom stereocenters. The lowest BCUT2D eigenvalue weighted by atomic mass is 10.1. The lowest BCUT2D eigenvalue weighted by Crippen LogP contribution is -2.03. The summed E-state index contributed by atoms with van der Waals surface area (Å²) in [6.45, 7) is 0.224. The Morgan fingerprint density at radius 1 is 1.16 bits per heavy atom. The van der Waals surface area contributed by atoms with Gasteiger partial charge in [0.2, 0.25) is 0 Å². The van der Waals surface area contributed by atoms with Crippen molar-refractivity contribution in [3.63, 3.8) is 0 Å². The molecule has 0 saturated carbocycles. The van der Waals surface area contributed by atoms with Gasteiger partial charge in [-0.2, -0.15) is 5.26 Å². The number of hydrogen-bond donors (Lipinski definition) is 1. The smallest absolute Gasteiger partial charge is 0.145 e. The second kappa shape index (κ2) is 5.92. The van der Waals surface area contributed by atoms with Crippen molar-refractivity contribution in [2.75, 3.05) is 5.32 Å². The summed E-state index contributed by atoms with van der Waals surface area (Å²) in [6, 6.07) is 11.7. The molecular weight excluding hydrogens is 286 g/mol. The van der Waals surface area contributed by atoms with E-state index in [1.54, 1.807) is 36.4 Å². The second-order valence-corrected chi connectivity index (χ2v) is 4.63. The van der Waals surface area contributed by atoms with Gasteiger partial charge in [-0.15, -0.1) is 0 Å². The lowest BCUT2D eigenvalue weighted by Gasteiger charge is -2.10. The quantitative estimate of drug-likeness (QED) is 0.897. The van der Waals surface area contributed by atoms with Crippen molar-refractivity contribution in [1.82, 2.24) is 0 Å². The second-order valence-electron chi connectivity index (χ2n) is 3.85. The molecule has 2 aromatic carbocycles. The molecule has 0 aromatic heterocycles. The fourth-order valence-corrected chi connectivity index (χ4v) is 2.00. The monoisotopic (exact) mass is 294 g/mol. The Morgan fingerprint density at radius 3 is 2.63 bits per heavy atom. The van der Waals surface area contributed by atoms with E-state index in [4.69, 9.17) is 28.5 Å². The molecule has 5 heteroatoms. The van der Waals surface area contributed by atoms with Gasteiger partial charge in [0.1, 0.15) is 11.9 Å². The Labute approximate surface area is 120 Å². The van der Waals surface area contributed by atoms with Crippen LogP contribution in [0, 0.1) is 17.1 Å². The Balaban J connectivity index is 2.20. The number of benzene rings is 2. The predicted octanol–water partition coefficient (Wildman–Crippen LogP) is 4.62. The van der Waals surface area contributed by atoms with Gasteiger partial charge in [0, 0.05) is 12.1 Å². The van der Waals surface area contributed by atoms with Crippen LogP contribution in [-0.2, 0) is 6.54 Å². The highest BCUT2D eigenvalue weighted by atomic mass is 35.5. The first-order valence-electron chi connectivity index (χ1n) is 5.49. The van der Waals surface area contributed by atoms with Gasteiger partial charge in [0.15, 0.2) is 0 Å². The third-order valence-corrected chi connectivity index (χ3v) is 3.44. The molecule has 0 aliphatic carbocycles. The van der Waals surface area contributed by atoms with E-state index in [9.17, 15) is 4.39 Å². The van der Waals surface area contributed by atoms with Gasteiger partial charge in [-0.1, -0.05) is 41.4 Å². The number of nitrogens with one attached hydrogen (secondary N) is 1. The molecule has 0 aliphatic rings. The molecule has 0 radical (unpaired) electrons. The summed E-state index contributed by atoms with van der Waals surface area (Å²) in [4.78, 5) is 0. The molecule has 0 heterocycles. The minimum Gasteiger partial charge on any atom is -0.380 e. The van der Waals surface area contributed by atoms with Crippen LogP contribution < -0.4 is 5.32 Å². The number of hydrogen-bond acceptors (Lipinski definition) is 2. The van der Waals surface area contributed by atoms with Crippen LogP contribution in [0.25, 0.3) is 0 Å². The molecule has 0 spiro atoms. The summed E-state index contributed by atoms with van der Waals surface area (Å²) in [5.74, 6) is -0.518. The van der Waals surface area contributed by atoms with Crippen LogP contribution in [0.1, 0.15) is 11.1 Å². The SMILES string of the molecule is N#Cc1cccc(CNc2cccc(Cl)c2Cl)c1F. The van der Waals surface area contributed by atoms with Gasteiger partial charge >= 0.3 is 0 Å². The zero-order valence-corrected chi connectivity index (χ0v) is 11.3. The first-order chi connectivity index (χ1) is 9.13. The van der Waals surface area contributed by atoms with E-state index in [0.717, 1.165) is 0 Å². The first-order valence-corrected chi connectivity index (χ1v) is 6.24. The maximum atomic E-state index is 13.8. The van der Waals surface area contributed by atoms with Crippen LogP contribution in [0.2, 0.25) is 10.0 Å². The average molecular weight is 295 g/mol. The molecule has 0 fully saturated rings. The van der Waals surface area contributed by atoms with E-state index in [-0.39, 0.29) is 12.1 Å². The van der Waals surface area contributed by atoms with E-state index < -0.39 is 5.82 Å². The highest BCUT2D eigenvalue weighted by molar-refractivity contribution is 6.43. The van der Waals surface area contributed by atoms with E-state index in [0.29, 0.717) is 21.3 Å². The fourth-order valence-electron chi connectivity index (χ4n) is 1.63. The summed E-state index contributed by atoms with van der Waals surface area (Å²) in [6.07, 6.45) is 0. The molecule has 0 amide bonds. The van der Waals surface area contributed by atoms with Gasteiger partial charge < -0.3 is 5.32 Å². The van der Waals surface area contributed by atoms with E-state index in [1.807, 2.05) is 0 Å². The molecular formula is C14H9Cl2FN2. The molecule has 96 valence electrons. The molecule has 1 N–H and O–H groups in total. The lowest BCUT2D eigenvalue weighted by molar-refractivity contribution is 0.609. The van der Waals surface area contributed by atoms with Gasteiger partial charge in [-0.3, -0.25) is 0 Å². The van der Waals surface area contributed by atoms with Crippen LogP contribution >= 0.6 is 23.2 Å². The highest BCUT2D eigenvalue weighted by Crippen LogP contribution is 2.30. The highest BCUT2D eigenvalue weighted by Gasteiger charge is 2.08. The van der Waals surface area contributed by atoms with Crippen LogP contribution in [0.4, 0.5) is 10.1 Å². The maximum Gasteiger partial charge on any atom is 0.145 e. The van der Waals surface area contributed by atoms with Crippen molar-refractivity contribution in [3.8, 4) is 6.07 Å². The van der Waals surface area contributed by atoms with E-state index in [2.05, 4.69) is 5.32 Å². The number of rotatable bonds is 3. The molecule has 2 aromatic rings. The third-order valence-electron chi connectivity index (χ3n) is 2.62. The Morgan fingerprint density at radius 2 is 1.89 bits per heavy atom. The molecule has 2 nitrogen and oxygen atoms in total. The molecule has 0 saturated heterocycles. The van der Waals surface area contributed by atoms with E-state index in [1.165, 1.54) is 6.07 Å². The van der Waals surface area contributed by atoms with Crippen molar-refractivity contribution >= 4 is 28.9 Å². The van der Waals surface area contributed by atoms with E-state index >= 15 is 0 Å². The molecule has 19 heavy (non-hydrogen) atoms. The topological polar surface area (TPSA) is 35.8 Å². The number of nitriles is 1. The van der Waals surface area contributed by atoms with Crippen LogP contribution in [0.5, 0.6) is 0 Å². The van der Waals surface area contributed by atoms with Crippen LogP contribution in [0.3, 0.4) is 0 Å². The zero-order valence-electron chi connectivity index (χ0n) is 9.75. The van der Waals surface area contributed by atoms with Crippen molar-refractivity contribution < 1.29 is 4.39 Å². The van der Waals surface area contributed by atoms with Crippen LogP contribution in [-0.4, -0.2) is 0 Å². The zero-order chi connectivity index (χ0) is 13.8. The molecule has 0 aliphatic heterocycles. The summed E-state index contributed by atoms with van der Waals surface area (Å²) in [5, 5.41) is 12.6. The van der Waals surface area contributed by atoms with Crippen molar-refractivity contribution in [2.45, 2.75) is 6.54 Å². The molecule has 0 atom stereocenters. The molecule has 0 bridgehead atoms. The first kappa shape index (κ1) is 13.7. The maximum absolute atomic E-state index is 13.8. The van der Waals surface area contributed by atoms with Gasteiger partial charge in [-0.25, -0.2) is 4.39 Å². The van der Waals surface area contributed by atoms with Gasteiger partial charge in [0.05, 0.1) is 21.3 Å². The van der Waals surface area contributed by atoms with Gasteiger partial charge in [-0.05, 0) is 18.2 Å². The van der Waals surface area contributed by atoms with Crippen molar-refractivity contribution in [2.24, 2.45) is 0 Å². The van der Waals surface area contributed by atoms with Crippen molar-refractivity contribution in [1.29, 1.82) is 5.26 Å². The number of nitrogens with zero attached hydrogens (tertiary/aromatic N) is 1. The fraction of sp³-hybridized carbons (Fsp3) is 0.0714.